The first kappa shape index (κ1) is 17.5. The second kappa shape index (κ2) is 8.67. The fourth-order valence-corrected chi connectivity index (χ4v) is 3.08. The normalized spacial score (nSPS) is 20.8. The van der Waals surface area contributed by atoms with E-state index in [1.54, 1.807) is 0 Å². The summed E-state index contributed by atoms with van der Waals surface area (Å²) in [6.07, 6.45) is 4.29. The van der Waals surface area contributed by atoms with Crippen molar-refractivity contribution in [3.05, 3.63) is 35.9 Å². The van der Waals surface area contributed by atoms with Crippen molar-refractivity contribution >= 4 is 11.8 Å². The topological polar surface area (TPSA) is 69.6 Å². The first-order valence-electron chi connectivity index (χ1n) is 8.36. The van der Waals surface area contributed by atoms with Crippen molar-refractivity contribution in [2.24, 2.45) is 5.92 Å². The molecule has 2 N–H and O–H groups in total. The maximum Gasteiger partial charge on any atom is 0.312 e. The highest BCUT2D eigenvalue weighted by Crippen LogP contribution is 2.23. The monoisotopic (exact) mass is 318 g/mol. The van der Waals surface area contributed by atoms with E-state index in [-0.39, 0.29) is 19.2 Å². The number of rotatable bonds is 5. The van der Waals surface area contributed by atoms with Gasteiger partial charge >= 0.3 is 11.8 Å². The lowest BCUT2D eigenvalue weighted by Gasteiger charge is -2.30. The molecule has 0 aromatic heterocycles. The summed E-state index contributed by atoms with van der Waals surface area (Å²) in [5.74, 6) is -0.727. The Morgan fingerprint density at radius 1 is 1.22 bits per heavy atom. The van der Waals surface area contributed by atoms with Crippen LogP contribution in [0.2, 0.25) is 0 Å². The molecule has 126 valence electrons. The van der Waals surface area contributed by atoms with E-state index < -0.39 is 11.8 Å². The van der Waals surface area contributed by atoms with Crippen LogP contribution in [-0.2, 0) is 16.1 Å². The summed E-state index contributed by atoms with van der Waals surface area (Å²) >= 11 is 0. The zero-order chi connectivity index (χ0) is 16.7. The third-order valence-electron chi connectivity index (χ3n) is 4.50. The molecule has 5 nitrogen and oxygen atoms in total. The molecule has 1 aromatic rings. The van der Waals surface area contributed by atoms with Crippen molar-refractivity contribution in [2.45, 2.75) is 45.2 Å². The van der Waals surface area contributed by atoms with Crippen molar-refractivity contribution < 1.29 is 14.7 Å². The van der Waals surface area contributed by atoms with E-state index in [0.29, 0.717) is 12.5 Å². The highest BCUT2D eigenvalue weighted by atomic mass is 16.3. The number of carbonyl (C=O) groups is 2. The van der Waals surface area contributed by atoms with Crippen LogP contribution in [0.3, 0.4) is 0 Å². The number of carbonyl (C=O) groups excluding carboxylic acids is 2. The maximum absolute atomic E-state index is 12.4. The summed E-state index contributed by atoms with van der Waals surface area (Å²) in [7, 11) is 0. The molecule has 1 saturated carbocycles. The van der Waals surface area contributed by atoms with Crippen molar-refractivity contribution in [2.75, 3.05) is 13.2 Å². The van der Waals surface area contributed by atoms with Gasteiger partial charge in [-0.15, -0.1) is 0 Å². The zero-order valence-electron chi connectivity index (χ0n) is 13.7. The molecule has 0 saturated heterocycles. The van der Waals surface area contributed by atoms with E-state index in [2.05, 4.69) is 12.2 Å². The van der Waals surface area contributed by atoms with Gasteiger partial charge in [0.15, 0.2) is 0 Å². The molecule has 0 aliphatic heterocycles. The minimum absolute atomic E-state index is 0.0768. The fourth-order valence-electron chi connectivity index (χ4n) is 3.08. The van der Waals surface area contributed by atoms with Gasteiger partial charge in [-0.1, -0.05) is 50.1 Å². The van der Waals surface area contributed by atoms with Crippen molar-refractivity contribution in [1.82, 2.24) is 10.2 Å². The number of nitrogens with zero attached hydrogens (tertiary/aromatic N) is 1. The molecular weight excluding hydrogens is 292 g/mol. The second-order valence-corrected chi connectivity index (χ2v) is 6.28. The van der Waals surface area contributed by atoms with Gasteiger partial charge in [-0.3, -0.25) is 9.59 Å². The Bertz CT molecular complexity index is 518. The Morgan fingerprint density at radius 3 is 2.57 bits per heavy atom. The lowest BCUT2D eigenvalue weighted by molar-refractivity contribution is -0.147. The first-order chi connectivity index (χ1) is 11.1. The highest BCUT2D eigenvalue weighted by Gasteiger charge is 2.28. The molecule has 2 rings (SSSR count). The van der Waals surface area contributed by atoms with E-state index in [1.807, 2.05) is 30.3 Å². The summed E-state index contributed by atoms with van der Waals surface area (Å²) in [5, 5.41) is 12.1. The lowest BCUT2D eigenvalue weighted by atomic mass is 9.86. The van der Waals surface area contributed by atoms with Crippen LogP contribution in [0.1, 0.15) is 38.2 Å². The Morgan fingerprint density at radius 2 is 1.91 bits per heavy atom. The number of amides is 2. The standard InChI is InChI=1S/C18H26N2O3/c1-14-7-5-6-10-16(14)19-17(22)18(23)20(11-12-21)13-15-8-3-2-4-9-15/h2-4,8-9,14,16,21H,5-7,10-13H2,1H3,(H,19,22). The minimum atomic E-state index is -0.569. The molecule has 0 heterocycles. The quantitative estimate of drug-likeness (QED) is 0.812. The lowest BCUT2D eigenvalue weighted by Crippen LogP contribution is -2.49. The molecule has 2 atom stereocenters. The Labute approximate surface area is 137 Å². The molecule has 1 aliphatic rings. The molecule has 0 spiro atoms. The van der Waals surface area contributed by atoms with Crippen molar-refractivity contribution in [3.8, 4) is 0 Å². The van der Waals surface area contributed by atoms with E-state index >= 15 is 0 Å². The van der Waals surface area contributed by atoms with Crippen LogP contribution < -0.4 is 5.32 Å². The van der Waals surface area contributed by atoms with Crippen LogP contribution in [0.25, 0.3) is 0 Å². The smallest absolute Gasteiger partial charge is 0.312 e. The SMILES string of the molecule is CC1CCCCC1NC(=O)C(=O)N(CCO)Cc1ccccc1. The van der Waals surface area contributed by atoms with Crippen molar-refractivity contribution in [3.63, 3.8) is 0 Å². The average Bonchev–Trinajstić information content (AvgIpc) is 2.57. The largest absolute Gasteiger partial charge is 0.395 e. The number of aliphatic hydroxyl groups excluding tert-OH is 1. The summed E-state index contributed by atoms with van der Waals surface area (Å²) < 4.78 is 0. The Balaban J connectivity index is 1.97. The number of hydrogen-bond acceptors (Lipinski definition) is 3. The van der Waals surface area contributed by atoms with Gasteiger partial charge in [0.05, 0.1) is 6.61 Å². The summed E-state index contributed by atoms with van der Waals surface area (Å²) in [4.78, 5) is 26.1. The molecule has 0 bridgehead atoms. The van der Waals surface area contributed by atoms with Crippen LogP contribution in [-0.4, -0.2) is 41.0 Å². The highest BCUT2D eigenvalue weighted by molar-refractivity contribution is 6.35. The average molecular weight is 318 g/mol. The van der Waals surface area contributed by atoms with Crippen LogP contribution in [0.5, 0.6) is 0 Å². The summed E-state index contributed by atoms with van der Waals surface area (Å²) in [6, 6.07) is 9.56. The van der Waals surface area contributed by atoms with Gasteiger partial charge in [0, 0.05) is 19.1 Å². The maximum atomic E-state index is 12.4. The number of aliphatic hydroxyl groups is 1. The predicted octanol–water partition coefficient (Wildman–Crippen LogP) is 1.70. The molecule has 1 aromatic carbocycles. The minimum Gasteiger partial charge on any atom is -0.395 e. The van der Waals surface area contributed by atoms with Crippen LogP contribution in [0.15, 0.2) is 30.3 Å². The Hall–Kier alpha value is -1.88. The van der Waals surface area contributed by atoms with Gasteiger partial charge in [0.25, 0.3) is 0 Å². The second-order valence-electron chi connectivity index (χ2n) is 6.28. The van der Waals surface area contributed by atoms with Crippen molar-refractivity contribution in [1.29, 1.82) is 0 Å². The first-order valence-corrected chi connectivity index (χ1v) is 8.36. The number of nitrogens with one attached hydrogen (secondary N) is 1. The van der Waals surface area contributed by atoms with Gasteiger partial charge in [0.2, 0.25) is 0 Å². The molecule has 0 radical (unpaired) electrons. The molecule has 1 aliphatic carbocycles. The number of hydrogen-bond donors (Lipinski definition) is 2. The third-order valence-corrected chi connectivity index (χ3v) is 4.50. The van der Waals surface area contributed by atoms with Gasteiger partial charge < -0.3 is 15.3 Å². The summed E-state index contributed by atoms with van der Waals surface area (Å²) in [6.45, 7) is 2.44. The van der Waals surface area contributed by atoms with Gasteiger partial charge in [0.1, 0.15) is 0 Å². The molecule has 23 heavy (non-hydrogen) atoms. The van der Waals surface area contributed by atoms with Crippen LogP contribution in [0, 0.1) is 5.92 Å². The molecular formula is C18H26N2O3. The van der Waals surface area contributed by atoms with E-state index in [9.17, 15) is 14.7 Å². The van der Waals surface area contributed by atoms with Gasteiger partial charge in [-0.25, -0.2) is 0 Å². The van der Waals surface area contributed by atoms with Crippen LogP contribution in [0.4, 0.5) is 0 Å². The third kappa shape index (κ3) is 5.06. The van der Waals surface area contributed by atoms with E-state index in [4.69, 9.17) is 0 Å². The van der Waals surface area contributed by atoms with Gasteiger partial charge in [-0.05, 0) is 24.3 Å². The fraction of sp³-hybridized carbons (Fsp3) is 0.556. The molecule has 2 unspecified atom stereocenters. The molecule has 2 amide bonds. The van der Waals surface area contributed by atoms with E-state index in [1.165, 1.54) is 11.3 Å². The summed E-state index contributed by atoms with van der Waals surface area (Å²) in [5.41, 5.74) is 0.938. The predicted molar refractivity (Wildman–Crippen MR) is 88.5 cm³/mol. The molecule has 5 heteroatoms. The van der Waals surface area contributed by atoms with Crippen LogP contribution >= 0.6 is 0 Å². The molecule has 1 fully saturated rings. The van der Waals surface area contributed by atoms with E-state index in [0.717, 1.165) is 24.8 Å². The number of benzene rings is 1. The van der Waals surface area contributed by atoms with Gasteiger partial charge in [-0.2, -0.15) is 0 Å². The Kier molecular flexibility index (Phi) is 6.59. The zero-order valence-corrected chi connectivity index (χ0v) is 13.7.